The van der Waals surface area contributed by atoms with Crippen LogP contribution in [0.1, 0.15) is 12.5 Å². The first-order valence-corrected chi connectivity index (χ1v) is 6.35. The summed E-state index contributed by atoms with van der Waals surface area (Å²) in [5, 5.41) is 3.04. The molecule has 0 saturated carbocycles. The average Bonchev–Trinajstić information content (AvgIpc) is 2.76. The molecule has 0 aromatic heterocycles. The van der Waals surface area contributed by atoms with E-state index in [0.29, 0.717) is 13.0 Å². The summed E-state index contributed by atoms with van der Waals surface area (Å²) in [4.78, 5) is 25.4. The van der Waals surface area contributed by atoms with E-state index >= 15 is 0 Å². The van der Waals surface area contributed by atoms with Gasteiger partial charge in [-0.2, -0.15) is 0 Å². The zero-order valence-electron chi connectivity index (χ0n) is 11.1. The van der Waals surface area contributed by atoms with E-state index in [0.717, 1.165) is 5.56 Å². The smallest absolute Gasteiger partial charge is 0.343 e. The Morgan fingerprint density at radius 1 is 1.37 bits per heavy atom. The number of rotatable bonds is 4. The molecule has 1 aliphatic heterocycles. The zero-order chi connectivity index (χ0) is 13.8. The molecule has 2 rings (SSSR count). The number of nitrogens with zero attached hydrogens (tertiary/aromatic N) is 1. The lowest BCUT2D eigenvalue weighted by molar-refractivity contribution is -0.149. The van der Waals surface area contributed by atoms with Gasteiger partial charge >= 0.3 is 5.97 Å². The first-order valence-electron chi connectivity index (χ1n) is 6.35. The van der Waals surface area contributed by atoms with Crippen molar-refractivity contribution < 1.29 is 14.3 Å². The van der Waals surface area contributed by atoms with Gasteiger partial charge in [0.2, 0.25) is 5.91 Å². The van der Waals surface area contributed by atoms with Crippen molar-refractivity contribution >= 4 is 11.9 Å². The molecule has 102 valence electrons. The van der Waals surface area contributed by atoms with Crippen molar-refractivity contribution in [2.24, 2.45) is 0 Å². The number of ether oxygens (including phenoxy) is 1. The van der Waals surface area contributed by atoms with Crippen molar-refractivity contribution in [2.45, 2.75) is 25.6 Å². The number of hydrogen-bond acceptors (Lipinski definition) is 4. The van der Waals surface area contributed by atoms with Gasteiger partial charge in [0.25, 0.3) is 0 Å². The van der Waals surface area contributed by atoms with Crippen LogP contribution in [0.3, 0.4) is 0 Å². The number of methoxy groups -OCH3 is 1. The van der Waals surface area contributed by atoms with Gasteiger partial charge in [0.05, 0.1) is 13.2 Å². The fraction of sp³-hybridized carbons (Fsp3) is 0.429. The van der Waals surface area contributed by atoms with Gasteiger partial charge in [-0.3, -0.25) is 10.1 Å². The summed E-state index contributed by atoms with van der Waals surface area (Å²) < 4.78 is 4.72. The van der Waals surface area contributed by atoms with Crippen LogP contribution in [0.15, 0.2) is 30.3 Å². The van der Waals surface area contributed by atoms with Crippen molar-refractivity contribution in [1.82, 2.24) is 10.2 Å². The second-order valence-corrected chi connectivity index (χ2v) is 4.46. The van der Waals surface area contributed by atoms with Gasteiger partial charge in [-0.05, 0) is 18.9 Å². The normalized spacial score (nSPS) is 22.6. The number of carbonyl (C=O) groups excluding carboxylic acids is 2. The van der Waals surface area contributed by atoms with Crippen LogP contribution in [0, 0.1) is 0 Å². The van der Waals surface area contributed by atoms with Crippen molar-refractivity contribution in [1.29, 1.82) is 0 Å². The molecule has 1 fully saturated rings. The summed E-state index contributed by atoms with van der Waals surface area (Å²) in [7, 11) is 1.33. The van der Waals surface area contributed by atoms with E-state index < -0.39 is 12.1 Å². The predicted octanol–water partition coefficient (Wildman–Crippen LogP) is 0.548. The van der Waals surface area contributed by atoms with Crippen LogP contribution in [0.25, 0.3) is 0 Å². The number of amides is 1. The topological polar surface area (TPSA) is 58.6 Å². The number of benzene rings is 1. The first kappa shape index (κ1) is 13.5. The second-order valence-electron chi connectivity index (χ2n) is 4.46. The van der Waals surface area contributed by atoms with Crippen LogP contribution < -0.4 is 5.32 Å². The van der Waals surface area contributed by atoms with Crippen LogP contribution in [-0.4, -0.2) is 42.6 Å². The highest BCUT2D eigenvalue weighted by atomic mass is 16.5. The van der Waals surface area contributed by atoms with Gasteiger partial charge in [0, 0.05) is 6.54 Å². The van der Waals surface area contributed by atoms with Crippen molar-refractivity contribution in [3.05, 3.63) is 35.9 Å². The lowest BCUT2D eigenvalue weighted by Crippen LogP contribution is -2.44. The number of hydrogen-bond donors (Lipinski definition) is 1. The number of likely N-dealkylation sites (N-methyl/N-ethyl adjacent to an activating group) is 1. The molecule has 1 aliphatic rings. The highest BCUT2D eigenvalue weighted by Crippen LogP contribution is 2.15. The van der Waals surface area contributed by atoms with E-state index in [1.807, 2.05) is 37.3 Å². The van der Waals surface area contributed by atoms with Gasteiger partial charge in [-0.15, -0.1) is 0 Å². The second kappa shape index (κ2) is 5.84. The largest absolute Gasteiger partial charge is 0.466 e. The third-order valence-electron chi connectivity index (χ3n) is 3.30. The van der Waals surface area contributed by atoms with Gasteiger partial charge in [0.15, 0.2) is 6.17 Å². The maximum Gasteiger partial charge on any atom is 0.343 e. The Morgan fingerprint density at radius 2 is 2.05 bits per heavy atom. The van der Waals surface area contributed by atoms with Crippen LogP contribution in [-0.2, 0) is 20.7 Å². The Hall–Kier alpha value is -1.88. The fourth-order valence-electron chi connectivity index (χ4n) is 2.32. The van der Waals surface area contributed by atoms with E-state index in [2.05, 4.69) is 5.32 Å². The molecule has 5 nitrogen and oxygen atoms in total. The van der Waals surface area contributed by atoms with Gasteiger partial charge in [-0.1, -0.05) is 30.3 Å². The molecule has 1 unspecified atom stereocenters. The monoisotopic (exact) mass is 262 g/mol. The zero-order valence-corrected chi connectivity index (χ0v) is 11.1. The molecule has 1 aromatic carbocycles. The van der Waals surface area contributed by atoms with Crippen molar-refractivity contribution in [3.63, 3.8) is 0 Å². The lowest BCUT2D eigenvalue weighted by Gasteiger charge is -2.19. The third-order valence-corrected chi connectivity index (χ3v) is 3.30. The van der Waals surface area contributed by atoms with Gasteiger partial charge in [-0.25, -0.2) is 4.79 Å². The highest BCUT2D eigenvalue weighted by molar-refractivity contribution is 5.91. The quantitative estimate of drug-likeness (QED) is 0.805. The molecule has 1 N–H and O–H groups in total. The molecule has 1 aromatic rings. The SMILES string of the molecule is CCN1C(=O)[C@H](Cc2ccccc2)NC1C(=O)OC. The van der Waals surface area contributed by atoms with Crippen LogP contribution >= 0.6 is 0 Å². The molecule has 0 radical (unpaired) electrons. The van der Waals surface area contributed by atoms with Crippen LogP contribution in [0.2, 0.25) is 0 Å². The molecule has 0 bridgehead atoms. The molecule has 1 amide bonds. The van der Waals surface area contributed by atoms with Gasteiger partial charge < -0.3 is 9.64 Å². The Labute approximate surface area is 112 Å². The number of nitrogens with one attached hydrogen (secondary N) is 1. The molecule has 1 heterocycles. The maximum absolute atomic E-state index is 12.2. The summed E-state index contributed by atoms with van der Waals surface area (Å²) in [5.41, 5.74) is 1.06. The van der Waals surface area contributed by atoms with Crippen LogP contribution in [0.4, 0.5) is 0 Å². The van der Waals surface area contributed by atoms with E-state index in [-0.39, 0.29) is 11.9 Å². The third kappa shape index (κ3) is 2.76. The molecular formula is C14H18N2O3. The van der Waals surface area contributed by atoms with Crippen molar-refractivity contribution in [2.75, 3.05) is 13.7 Å². The molecule has 19 heavy (non-hydrogen) atoms. The fourth-order valence-corrected chi connectivity index (χ4v) is 2.32. The number of esters is 1. The Balaban J connectivity index is 2.11. The minimum Gasteiger partial charge on any atom is -0.466 e. The predicted molar refractivity (Wildman–Crippen MR) is 70.3 cm³/mol. The Kier molecular flexibility index (Phi) is 4.16. The summed E-state index contributed by atoms with van der Waals surface area (Å²) in [6.07, 6.45) is -0.0971. The average molecular weight is 262 g/mol. The van der Waals surface area contributed by atoms with E-state index in [1.165, 1.54) is 12.0 Å². The summed E-state index contributed by atoms with van der Waals surface area (Å²) in [6.45, 7) is 2.33. The molecule has 1 saturated heterocycles. The van der Waals surface area contributed by atoms with E-state index in [4.69, 9.17) is 4.74 Å². The number of carbonyl (C=O) groups is 2. The minimum absolute atomic E-state index is 0.0539. The highest BCUT2D eigenvalue weighted by Gasteiger charge is 2.42. The maximum atomic E-state index is 12.2. The minimum atomic E-state index is -0.670. The Bertz CT molecular complexity index is 461. The molecule has 0 aliphatic carbocycles. The summed E-state index contributed by atoms with van der Waals surface area (Å²) in [6, 6.07) is 9.37. The van der Waals surface area contributed by atoms with E-state index in [1.54, 1.807) is 0 Å². The molecule has 2 atom stereocenters. The summed E-state index contributed by atoms with van der Waals surface area (Å²) >= 11 is 0. The van der Waals surface area contributed by atoms with Crippen LogP contribution in [0.5, 0.6) is 0 Å². The molecule has 0 spiro atoms. The first-order chi connectivity index (χ1) is 9.17. The standard InChI is InChI=1S/C14H18N2O3/c1-3-16-12(14(18)19-2)15-11(13(16)17)9-10-7-5-4-6-8-10/h4-8,11-12,15H,3,9H2,1-2H3/t11-,12?/m0/s1. The Morgan fingerprint density at radius 3 is 2.63 bits per heavy atom. The lowest BCUT2D eigenvalue weighted by atomic mass is 10.1. The summed E-state index contributed by atoms with van der Waals surface area (Å²) in [5.74, 6) is -0.479. The molecule has 5 heteroatoms. The van der Waals surface area contributed by atoms with Crippen molar-refractivity contribution in [3.8, 4) is 0 Å². The molecular weight excluding hydrogens is 244 g/mol. The van der Waals surface area contributed by atoms with E-state index in [9.17, 15) is 9.59 Å². The van der Waals surface area contributed by atoms with Gasteiger partial charge in [0.1, 0.15) is 0 Å².